The molecule has 0 atom stereocenters. The molecule has 0 radical (unpaired) electrons. The third-order valence-corrected chi connectivity index (χ3v) is 3.53. The fourth-order valence-electron chi connectivity index (χ4n) is 2.03. The second kappa shape index (κ2) is 7.45. The van der Waals surface area contributed by atoms with Gasteiger partial charge in [-0.15, -0.1) is 0 Å². The van der Waals surface area contributed by atoms with Crippen molar-refractivity contribution in [3.8, 4) is 11.5 Å². The molecule has 2 aromatic rings. The highest BCUT2D eigenvalue weighted by Crippen LogP contribution is 2.32. The summed E-state index contributed by atoms with van der Waals surface area (Å²) >= 11 is 0. The highest BCUT2D eigenvalue weighted by Gasteiger charge is 2.14. The second-order valence-electron chi connectivity index (χ2n) is 5.13. The van der Waals surface area contributed by atoms with Gasteiger partial charge in [0.25, 0.3) is 5.91 Å². The fourth-order valence-corrected chi connectivity index (χ4v) is 2.03. The van der Waals surface area contributed by atoms with Crippen molar-refractivity contribution >= 4 is 17.8 Å². The molecular formula is C18H20N2O3. The van der Waals surface area contributed by atoms with E-state index in [1.54, 1.807) is 7.05 Å². The van der Waals surface area contributed by atoms with Gasteiger partial charge in [-0.3, -0.25) is 4.79 Å². The summed E-state index contributed by atoms with van der Waals surface area (Å²) in [5, 5.41) is 3.50. The number of anilines is 1. The molecule has 5 heteroatoms. The molecule has 0 aromatic heterocycles. The molecule has 0 aliphatic rings. The third-order valence-electron chi connectivity index (χ3n) is 3.53. The van der Waals surface area contributed by atoms with Crippen LogP contribution in [0.15, 0.2) is 47.6 Å². The van der Waals surface area contributed by atoms with Crippen LogP contribution in [-0.2, 0) is 9.63 Å². The number of hydrogen-bond donors (Lipinski definition) is 0. The Morgan fingerprint density at radius 1 is 1.13 bits per heavy atom. The largest absolute Gasteiger partial charge is 0.455 e. The maximum absolute atomic E-state index is 12.0. The van der Waals surface area contributed by atoms with Crippen molar-refractivity contribution in [2.45, 2.75) is 13.8 Å². The molecule has 5 nitrogen and oxygen atoms in total. The molecule has 0 heterocycles. The minimum absolute atomic E-state index is 0.303. The average Bonchev–Trinajstić information content (AvgIpc) is 2.56. The monoisotopic (exact) mass is 312 g/mol. The van der Waals surface area contributed by atoms with E-state index in [1.807, 2.05) is 49.4 Å². The zero-order chi connectivity index (χ0) is 16.8. The molecule has 0 fully saturated rings. The van der Waals surface area contributed by atoms with Crippen molar-refractivity contribution in [1.82, 2.24) is 0 Å². The minimum atomic E-state index is -0.303. The molecule has 2 aromatic carbocycles. The van der Waals surface area contributed by atoms with Gasteiger partial charge in [-0.05, 0) is 49.2 Å². The van der Waals surface area contributed by atoms with Gasteiger partial charge in [0.2, 0.25) is 0 Å². The van der Waals surface area contributed by atoms with Crippen LogP contribution in [0.1, 0.15) is 11.1 Å². The number of rotatable bonds is 5. The molecular weight excluding hydrogens is 292 g/mol. The molecule has 0 N–H and O–H groups in total. The molecule has 0 unspecified atom stereocenters. The Hall–Kier alpha value is -2.82. The van der Waals surface area contributed by atoms with Crippen LogP contribution >= 0.6 is 0 Å². The van der Waals surface area contributed by atoms with Gasteiger partial charge >= 0.3 is 0 Å². The van der Waals surface area contributed by atoms with Crippen molar-refractivity contribution in [2.75, 3.05) is 19.1 Å². The van der Waals surface area contributed by atoms with E-state index in [-0.39, 0.29) is 5.91 Å². The number of nitrogens with zero attached hydrogens (tertiary/aromatic N) is 2. The summed E-state index contributed by atoms with van der Waals surface area (Å²) in [5.41, 5.74) is 3.00. The predicted molar refractivity (Wildman–Crippen MR) is 91.3 cm³/mol. The van der Waals surface area contributed by atoms with Crippen LogP contribution in [-0.4, -0.2) is 26.3 Å². The maximum atomic E-state index is 12.0. The lowest BCUT2D eigenvalue weighted by Crippen LogP contribution is -2.27. The number of amides is 1. The first kappa shape index (κ1) is 16.5. The van der Waals surface area contributed by atoms with Crippen molar-refractivity contribution in [3.05, 3.63) is 53.6 Å². The Morgan fingerprint density at radius 3 is 2.57 bits per heavy atom. The number of hydrogen-bond acceptors (Lipinski definition) is 4. The second-order valence-corrected chi connectivity index (χ2v) is 5.13. The number of carbonyl (C=O) groups is 1. The summed E-state index contributed by atoms with van der Waals surface area (Å²) < 4.78 is 5.95. The number of carbonyl (C=O) groups excluding carboxylic acids is 1. The van der Waals surface area contributed by atoms with E-state index in [1.165, 1.54) is 17.6 Å². The zero-order valence-corrected chi connectivity index (χ0v) is 13.7. The van der Waals surface area contributed by atoms with Crippen LogP contribution in [0.4, 0.5) is 5.69 Å². The van der Waals surface area contributed by atoms with Crippen molar-refractivity contribution in [1.29, 1.82) is 0 Å². The van der Waals surface area contributed by atoms with Gasteiger partial charge in [0, 0.05) is 7.05 Å². The molecule has 120 valence electrons. The Morgan fingerprint density at radius 2 is 1.87 bits per heavy atom. The normalized spacial score (nSPS) is 10.6. The first-order chi connectivity index (χ1) is 11.0. The number of ether oxygens (including phenoxy) is 1. The van der Waals surface area contributed by atoms with E-state index in [0.717, 1.165) is 17.5 Å². The first-order valence-electron chi connectivity index (χ1n) is 7.21. The lowest BCUT2D eigenvalue weighted by atomic mass is 10.1. The van der Waals surface area contributed by atoms with Crippen molar-refractivity contribution in [2.24, 2.45) is 5.16 Å². The molecule has 1 amide bonds. The first-order valence-corrected chi connectivity index (χ1v) is 7.21. The van der Waals surface area contributed by atoms with Gasteiger partial charge < -0.3 is 14.5 Å². The molecule has 0 bridgehead atoms. The number of aryl methyl sites for hydroxylation is 2. The van der Waals surface area contributed by atoms with Crippen LogP contribution in [0, 0.1) is 13.8 Å². The van der Waals surface area contributed by atoms with E-state index in [0.29, 0.717) is 11.4 Å². The quantitative estimate of drug-likeness (QED) is 0.625. The van der Waals surface area contributed by atoms with E-state index in [2.05, 4.69) is 16.9 Å². The number of benzene rings is 2. The molecule has 23 heavy (non-hydrogen) atoms. The Labute approximate surface area is 136 Å². The zero-order valence-electron chi connectivity index (χ0n) is 13.7. The van der Waals surface area contributed by atoms with Gasteiger partial charge in [0.1, 0.15) is 19.1 Å². The smallest absolute Gasteiger partial charge is 0.272 e. The SMILES string of the molecule is CON=CC(=O)N(C)c1ccccc1Oc1ccc(C)c(C)c1. The van der Waals surface area contributed by atoms with Crippen LogP contribution in [0.25, 0.3) is 0 Å². The summed E-state index contributed by atoms with van der Waals surface area (Å²) in [5.74, 6) is 1.02. The van der Waals surface area contributed by atoms with Gasteiger partial charge in [0.15, 0.2) is 5.75 Å². The Balaban J connectivity index is 2.28. The van der Waals surface area contributed by atoms with Crippen LogP contribution < -0.4 is 9.64 Å². The summed E-state index contributed by atoms with van der Waals surface area (Å²) in [4.78, 5) is 18.0. The summed E-state index contributed by atoms with van der Waals surface area (Å²) in [6.45, 7) is 4.08. The molecule has 0 saturated heterocycles. The highest BCUT2D eigenvalue weighted by atomic mass is 16.6. The summed E-state index contributed by atoms with van der Waals surface area (Å²) in [7, 11) is 3.05. The van der Waals surface area contributed by atoms with E-state index in [4.69, 9.17) is 4.74 Å². The fraction of sp³-hybridized carbons (Fsp3) is 0.222. The van der Waals surface area contributed by atoms with Gasteiger partial charge in [-0.1, -0.05) is 23.4 Å². The predicted octanol–water partition coefficient (Wildman–Crippen LogP) is 3.69. The van der Waals surface area contributed by atoms with E-state index >= 15 is 0 Å². The van der Waals surface area contributed by atoms with Crippen LogP contribution in [0.2, 0.25) is 0 Å². The average molecular weight is 312 g/mol. The number of oxime groups is 1. The lowest BCUT2D eigenvalue weighted by Gasteiger charge is -2.19. The lowest BCUT2D eigenvalue weighted by molar-refractivity contribution is -0.112. The standard InChI is InChI=1S/C18H20N2O3/c1-13-9-10-15(11-14(13)2)23-17-8-6-5-7-16(17)20(3)18(21)12-19-22-4/h5-12H,1-4H3. The summed E-state index contributed by atoms with van der Waals surface area (Å²) in [6.07, 6.45) is 1.12. The molecule has 0 aliphatic carbocycles. The highest BCUT2D eigenvalue weighted by molar-refractivity contribution is 6.32. The third kappa shape index (κ3) is 4.10. The molecule has 0 saturated carbocycles. The van der Waals surface area contributed by atoms with Gasteiger partial charge in [-0.2, -0.15) is 0 Å². The summed E-state index contributed by atoms with van der Waals surface area (Å²) in [6, 6.07) is 13.2. The molecule has 2 rings (SSSR count). The van der Waals surface area contributed by atoms with Crippen molar-refractivity contribution < 1.29 is 14.4 Å². The molecule has 0 spiro atoms. The van der Waals surface area contributed by atoms with Crippen molar-refractivity contribution in [3.63, 3.8) is 0 Å². The Bertz CT molecular complexity index is 726. The maximum Gasteiger partial charge on any atom is 0.272 e. The minimum Gasteiger partial charge on any atom is -0.455 e. The topological polar surface area (TPSA) is 51.1 Å². The van der Waals surface area contributed by atoms with Crippen LogP contribution in [0.5, 0.6) is 11.5 Å². The van der Waals surface area contributed by atoms with Crippen LogP contribution in [0.3, 0.4) is 0 Å². The van der Waals surface area contributed by atoms with E-state index < -0.39 is 0 Å². The molecule has 0 aliphatic heterocycles. The van der Waals surface area contributed by atoms with E-state index in [9.17, 15) is 4.79 Å². The van der Waals surface area contributed by atoms with Gasteiger partial charge in [0.05, 0.1) is 5.69 Å². The number of para-hydroxylation sites is 2. The Kier molecular flexibility index (Phi) is 5.36. The van der Waals surface area contributed by atoms with Gasteiger partial charge in [-0.25, -0.2) is 0 Å².